The van der Waals surface area contributed by atoms with Gasteiger partial charge in [0.15, 0.2) is 6.29 Å². The molecule has 0 bridgehead atoms. The Labute approximate surface area is 118 Å². The second kappa shape index (κ2) is 5.90. The zero-order chi connectivity index (χ0) is 14.8. The van der Waals surface area contributed by atoms with E-state index >= 15 is 0 Å². The van der Waals surface area contributed by atoms with Crippen molar-refractivity contribution in [3.8, 4) is 0 Å². The molecule has 1 aromatic rings. The van der Waals surface area contributed by atoms with E-state index < -0.39 is 22.2 Å². The quantitative estimate of drug-likeness (QED) is 0.739. The van der Waals surface area contributed by atoms with Gasteiger partial charge < -0.3 is 9.47 Å². The smallest absolute Gasteiger partial charge is 0.269 e. The van der Waals surface area contributed by atoms with Gasteiger partial charge in [-0.25, -0.2) is 12.7 Å². The van der Waals surface area contributed by atoms with Gasteiger partial charge in [-0.3, -0.25) is 4.79 Å². The Morgan fingerprint density at radius 1 is 1.15 bits per heavy atom. The van der Waals surface area contributed by atoms with E-state index in [0.29, 0.717) is 13.2 Å². The molecule has 1 heterocycles. The Hall–Kier alpha value is -1.44. The van der Waals surface area contributed by atoms with Gasteiger partial charge in [0.2, 0.25) is 0 Å². The zero-order valence-electron chi connectivity index (χ0n) is 11.4. The van der Waals surface area contributed by atoms with Crippen LogP contribution >= 0.6 is 0 Å². The maximum atomic E-state index is 12.3. The molecule has 6 nitrogen and oxygen atoms in total. The number of carbonyl (C=O) groups is 1. The lowest BCUT2D eigenvalue weighted by Crippen LogP contribution is -2.39. The molecule has 0 fully saturated rings. The highest BCUT2D eigenvalue weighted by Gasteiger charge is 2.42. The van der Waals surface area contributed by atoms with E-state index in [4.69, 9.17) is 9.47 Å². The summed E-state index contributed by atoms with van der Waals surface area (Å²) < 4.78 is 36.1. The first-order chi connectivity index (χ1) is 9.52. The molecular formula is C13H17NO5S. The van der Waals surface area contributed by atoms with Crippen LogP contribution in [-0.2, 0) is 19.5 Å². The van der Waals surface area contributed by atoms with Crippen molar-refractivity contribution in [2.45, 2.75) is 25.0 Å². The normalized spacial score (nSPS) is 16.8. The monoisotopic (exact) mass is 299 g/mol. The van der Waals surface area contributed by atoms with Gasteiger partial charge in [-0.05, 0) is 26.0 Å². The summed E-state index contributed by atoms with van der Waals surface area (Å²) >= 11 is 0. The van der Waals surface area contributed by atoms with Crippen molar-refractivity contribution < 1.29 is 22.7 Å². The van der Waals surface area contributed by atoms with E-state index in [2.05, 4.69) is 0 Å². The first kappa shape index (κ1) is 15.0. The first-order valence-corrected chi connectivity index (χ1v) is 7.85. The molecule has 0 N–H and O–H groups in total. The Balaban J connectivity index is 2.28. The lowest BCUT2D eigenvalue weighted by molar-refractivity contribution is -0.138. The van der Waals surface area contributed by atoms with E-state index in [1.807, 2.05) is 0 Å². The minimum Gasteiger partial charge on any atom is -0.351 e. The second-order valence-corrected chi connectivity index (χ2v) is 6.01. The van der Waals surface area contributed by atoms with Crippen LogP contribution in [-0.4, -0.2) is 44.7 Å². The molecule has 0 saturated heterocycles. The van der Waals surface area contributed by atoms with Crippen molar-refractivity contribution in [3.63, 3.8) is 0 Å². The van der Waals surface area contributed by atoms with E-state index in [1.54, 1.807) is 26.0 Å². The predicted octanol–water partition coefficient (Wildman–Crippen LogP) is 1.23. The molecule has 0 aliphatic carbocycles. The molecule has 20 heavy (non-hydrogen) atoms. The standard InChI is InChI=1S/C13H17NO5S/c1-3-18-12(19-4-2)9-14-13(15)10-7-5-6-8-11(10)20(14,16)17/h5-8,12H,3-4,9H2,1-2H3. The largest absolute Gasteiger partial charge is 0.351 e. The number of fused-ring (bicyclic) bond motifs is 1. The van der Waals surface area contributed by atoms with Gasteiger partial charge in [0.1, 0.15) is 4.90 Å². The van der Waals surface area contributed by atoms with Crippen molar-refractivity contribution in [3.05, 3.63) is 29.8 Å². The highest BCUT2D eigenvalue weighted by atomic mass is 32.2. The fourth-order valence-electron chi connectivity index (χ4n) is 2.07. The lowest BCUT2D eigenvalue weighted by Gasteiger charge is -2.22. The van der Waals surface area contributed by atoms with Crippen molar-refractivity contribution in [1.29, 1.82) is 0 Å². The van der Waals surface area contributed by atoms with Gasteiger partial charge in [-0.1, -0.05) is 12.1 Å². The third-order valence-electron chi connectivity index (χ3n) is 2.93. The molecule has 1 aromatic carbocycles. The minimum absolute atomic E-state index is 0.0387. The summed E-state index contributed by atoms with van der Waals surface area (Å²) in [5, 5.41) is 0. The van der Waals surface area contributed by atoms with E-state index in [1.165, 1.54) is 12.1 Å². The van der Waals surface area contributed by atoms with Crippen LogP contribution in [0.3, 0.4) is 0 Å². The lowest BCUT2D eigenvalue weighted by atomic mass is 10.2. The number of carbonyl (C=O) groups excluding carboxylic acids is 1. The molecule has 1 aliphatic rings. The van der Waals surface area contributed by atoms with Gasteiger partial charge in [-0.2, -0.15) is 0 Å². The molecule has 110 valence electrons. The summed E-state index contributed by atoms with van der Waals surface area (Å²) in [6, 6.07) is 6.17. The zero-order valence-corrected chi connectivity index (χ0v) is 12.2. The first-order valence-electron chi connectivity index (χ1n) is 6.41. The van der Waals surface area contributed by atoms with Crippen LogP contribution in [0.15, 0.2) is 29.2 Å². The third-order valence-corrected chi connectivity index (χ3v) is 4.74. The van der Waals surface area contributed by atoms with Crippen LogP contribution < -0.4 is 0 Å². The number of hydrogen-bond donors (Lipinski definition) is 0. The van der Waals surface area contributed by atoms with E-state index in [0.717, 1.165) is 4.31 Å². The topological polar surface area (TPSA) is 72.9 Å². The molecule has 1 aliphatic heterocycles. The summed E-state index contributed by atoms with van der Waals surface area (Å²) in [7, 11) is -3.80. The summed E-state index contributed by atoms with van der Waals surface area (Å²) in [5.74, 6) is -0.537. The Bertz CT molecular complexity index is 593. The third kappa shape index (κ3) is 2.56. The Morgan fingerprint density at radius 2 is 1.75 bits per heavy atom. The maximum Gasteiger partial charge on any atom is 0.269 e. The number of benzene rings is 1. The van der Waals surface area contributed by atoms with Crippen LogP contribution in [0.4, 0.5) is 0 Å². The molecule has 0 atom stereocenters. The maximum absolute atomic E-state index is 12.3. The van der Waals surface area contributed by atoms with Gasteiger partial charge in [0.05, 0.1) is 12.1 Å². The molecule has 0 aromatic heterocycles. The average molecular weight is 299 g/mol. The van der Waals surface area contributed by atoms with E-state index in [9.17, 15) is 13.2 Å². The SMILES string of the molecule is CCOC(CN1C(=O)c2ccccc2S1(=O)=O)OCC. The van der Waals surface area contributed by atoms with Crippen LogP contribution in [0, 0.1) is 0 Å². The highest BCUT2D eigenvalue weighted by molar-refractivity contribution is 7.90. The summed E-state index contributed by atoms with van der Waals surface area (Å²) in [6.45, 7) is 4.17. The number of hydrogen-bond acceptors (Lipinski definition) is 5. The number of ether oxygens (including phenoxy) is 2. The van der Waals surface area contributed by atoms with Crippen LogP contribution in [0.5, 0.6) is 0 Å². The second-order valence-electron chi connectivity index (χ2n) is 4.18. The Kier molecular flexibility index (Phi) is 4.42. The van der Waals surface area contributed by atoms with Crippen molar-refractivity contribution in [2.24, 2.45) is 0 Å². The molecule has 1 amide bonds. The van der Waals surface area contributed by atoms with Crippen molar-refractivity contribution in [1.82, 2.24) is 4.31 Å². The van der Waals surface area contributed by atoms with Gasteiger partial charge in [0, 0.05) is 13.2 Å². The molecule has 2 rings (SSSR count). The molecule has 0 saturated carbocycles. The number of amides is 1. The van der Waals surface area contributed by atoms with Crippen molar-refractivity contribution in [2.75, 3.05) is 19.8 Å². The summed E-state index contributed by atoms with van der Waals surface area (Å²) in [6.07, 6.45) is -0.752. The van der Waals surface area contributed by atoms with Crippen LogP contribution in [0.2, 0.25) is 0 Å². The van der Waals surface area contributed by atoms with Gasteiger partial charge in [0.25, 0.3) is 15.9 Å². The Morgan fingerprint density at radius 3 is 2.30 bits per heavy atom. The van der Waals surface area contributed by atoms with Gasteiger partial charge >= 0.3 is 0 Å². The molecule has 7 heteroatoms. The number of rotatable bonds is 6. The van der Waals surface area contributed by atoms with Crippen molar-refractivity contribution >= 4 is 15.9 Å². The molecular weight excluding hydrogens is 282 g/mol. The van der Waals surface area contributed by atoms with E-state index in [-0.39, 0.29) is 17.0 Å². The predicted molar refractivity (Wildman–Crippen MR) is 71.7 cm³/mol. The number of sulfonamides is 1. The molecule has 0 spiro atoms. The molecule has 0 radical (unpaired) electrons. The fourth-order valence-corrected chi connectivity index (χ4v) is 3.63. The van der Waals surface area contributed by atoms with Crippen LogP contribution in [0.25, 0.3) is 0 Å². The molecule has 0 unspecified atom stereocenters. The average Bonchev–Trinajstić information content (AvgIpc) is 2.61. The van der Waals surface area contributed by atoms with Crippen LogP contribution in [0.1, 0.15) is 24.2 Å². The summed E-state index contributed by atoms with van der Waals surface area (Å²) in [5.41, 5.74) is 0.194. The minimum atomic E-state index is -3.80. The number of nitrogens with zero attached hydrogens (tertiary/aromatic N) is 1. The summed E-state index contributed by atoms with van der Waals surface area (Å²) in [4.78, 5) is 12.2. The van der Waals surface area contributed by atoms with Gasteiger partial charge in [-0.15, -0.1) is 0 Å². The highest BCUT2D eigenvalue weighted by Crippen LogP contribution is 2.30. The fraction of sp³-hybridized carbons (Fsp3) is 0.462.